The van der Waals surface area contributed by atoms with Gasteiger partial charge in [-0.15, -0.1) is 0 Å². The second kappa shape index (κ2) is 5.04. The van der Waals surface area contributed by atoms with E-state index in [1.165, 1.54) is 17.6 Å². The van der Waals surface area contributed by atoms with Crippen LogP contribution in [0.2, 0.25) is 0 Å². The van der Waals surface area contributed by atoms with E-state index in [1.54, 1.807) is 13.0 Å². The van der Waals surface area contributed by atoms with Gasteiger partial charge in [0.2, 0.25) is 0 Å². The summed E-state index contributed by atoms with van der Waals surface area (Å²) in [5.74, 6) is -0.345. The van der Waals surface area contributed by atoms with E-state index in [-0.39, 0.29) is 5.82 Å². The van der Waals surface area contributed by atoms with Crippen molar-refractivity contribution in [3.63, 3.8) is 0 Å². The largest absolute Gasteiger partial charge is 0.345 e. The third-order valence-electron chi connectivity index (χ3n) is 2.49. The van der Waals surface area contributed by atoms with E-state index in [2.05, 4.69) is 31.7 Å². The van der Waals surface area contributed by atoms with Crippen LogP contribution in [0.3, 0.4) is 0 Å². The van der Waals surface area contributed by atoms with Crippen LogP contribution in [0.1, 0.15) is 16.8 Å². The molecule has 0 bridgehead atoms. The summed E-state index contributed by atoms with van der Waals surface area (Å²) in [7, 11) is 0. The predicted octanol–water partition coefficient (Wildman–Crippen LogP) is 4.28. The highest BCUT2D eigenvalue weighted by atomic mass is 79.9. The topological polar surface area (TPSA) is 48.7 Å². The molecule has 0 aliphatic rings. The molecule has 0 spiro atoms. The standard InChI is InChI=1S/C12H9BrFN3S/c1-6-3-9(13)10(14)4-11(6)16-12-8(5-15)7(2)17-18-12/h3-4,16H,1-2H3. The molecular weight excluding hydrogens is 317 g/mol. The van der Waals surface area contributed by atoms with Crippen molar-refractivity contribution < 1.29 is 4.39 Å². The SMILES string of the molecule is Cc1cc(Br)c(F)cc1Nc1snc(C)c1C#N. The van der Waals surface area contributed by atoms with E-state index < -0.39 is 0 Å². The number of nitrogens with zero attached hydrogens (tertiary/aromatic N) is 2. The van der Waals surface area contributed by atoms with E-state index in [4.69, 9.17) is 5.26 Å². The van der Waals surface area contributed by atoms with Crippen LogP contribution in [-0.4, -0.2) is 4.37 Å². The summed E-state index contributed by atoms with van der Waals surface area (Å²) in [5.41, 5.74) is 2.71. The van der Waals surface area contributed by atoms with Gasteiger partial charge in [0.15, 0.2) is 0 Å². The van der Waals surface area contributed by atoms with Crippen molar-refractivity contribution in [2.75, 3.05) is 5.32 Å². The van der Waals surface area contributed by atoms with Gasteiger partial charge in [-0.25, -0.2) is 4.39 Å². The van der Waals surface area contributed by atoms with Crippen LogP contribution in [0.5, 0.6) is 0 Å². The summed E-state index contributed by atoms with van der Waals surface area (Å²) >= 11 is 4.33. The molecule has 0 radical (unpaired) electrons. The number of hydrogen-bond acceptors (Lipinski definition) is 4. The average molecular weight is 326 g/mol. The minimum Gasteiger partial charge on any atom is -0.345 e. The van der Waals surface area contributed by atoms with Crippen molar-refractivity contribution in [2.45, 2.75) is 13.8 Å². The first-order valence-electron chi connectivity index (χ1n) is 5.12. The quantitative estimate of drug-likeness (QED) is 0.896. The van der Waals surface area contributed by atoms with E-state index in [0.29, 0.717) is 26.4 Å². The summed E-state index contributed by atoms with van der Waals surface area (Å²) in [6.07, 6.45) is 0. The first kappa shape index (κ1) is 13.0. The zero-order valence-electron chi connectivity index (χ0n) is 9.71. The molecule has 0 aliphatic heterocycles. The molecule has 0 aliphatic carbocycles. The highest BCUT2D eigenvalue weighted by molar-refractivity contribution is 9.10. The summed E-state index contributed by atoms with van der Waals surface area (Å²) in [4.78, 5) is 0. The molecule has 2 aromatic rings. The van der Waals surface area contributed by atoms with Gasteiger partial charge in [-0.3, -0.25) is 0 Å². The molecule has 1 heterocycles. The molecule has 1 N–H and O–H groups in total. The Balaban J connectivity index is 2.41. The minimum atomic E-state index is -0.345. The first-order chi connectivity index (χ1) is 8.52. The fourth-order valence-electron chi connectivity index (χ4n) is 1.49. The fourth-order valence-corrected chi connectivity index (χ4v) is 2.71. The van der Waals surface area contributed by atoms with Crippen LogP contribution < -0.4 is 5.32 Å². The zero-order chi connectivity index (χ0) is 13.3. The van der Waals surface area contributed by atoms with Crippen molar-refractivity contribution >= 4 is 38.2 Å². The molecule has 0 fully saturated rings. The number of anilines is 2. The van der Waals surface area contributed by atoms with Crippen LogP contribution in [0, 0.1) is 31.0 Å². The van der Waals surface area contributed by atoms with Crippen LogP contribution in [0.15, 0.2) is 16.6 Å². The molecule has 0 saturated carbocycles. The molecule has 1 aromatic carbocycles. The van der Waals surface area contributed by atoms with E-state index in [0.717, 1.165) is 5.56 Å². The molecule has 0 atom stereocenters. The van der Waals surface area contributed by atoms with Crippen LogP contribution >= 0.6 is 27.5 Å². The highest BCUT2D eigenvalue weighted by Gasteiger charge is 2.12. The second-order valence-corrected chi connectivity index (χ2v) is 5.42. The van der Waals surface area contributed by atoms with Crippen molar-refractivity contribution in [1.82, 2.24) is 4.37 Å². The van der Waals surface area contributed by atoms with Gasteiger partial charge in [0.1, 0.15) is 22.5 Å². The van der Waals surface area contributed by atoms with E-state index >= 15 is 0 Å². The molecule has 18 heavy (non-hydrogen) atoms. The number of rotatable bonds is 2. The lowest BCUT2D eigenvalue weighted by atomic mass is 10.2. The molecule has 0 unspecified atom stereocenters. The Morgan fingerprint density at radius 1 is 1.44 bits per heavy atom. The molecule has 3 nitrogen and oxygen atoms in total. The summed E-state index contributed by atoms with van der Waals surface area (Å²) < 4.78 is 18.0. The van der Waals surface area contributed by atoms with Gasteiger partial charge < -0.3 is 5.32 Å². The van der Waals surface area contributed by atoms with Gasteiger partial charge in [-0.2, -0.15) is 9.64 Å². The maximum atomic E-state index is 13.5. The Bertz CT molecular complexity index is 646. The number of halogens is 2. The Hall–Kier alpha value is -1.45. The van der Waals surface area contributed by atoms with Gasteiger partial charge in [0.05, 0.1) is 10.2 Å². The third-order valence-corrected chi connectivity index (χ3v) is 3.95. The lowest BCUT2D eigenvalue weighted by molar-refractivity contribution is 0.621. The van der Waals surface area contributed by atoms with E-state index in [1.807, 2.05) is 6.92 Å². The van der Waals surface area contributed by atoms with Gasteiger partial charge in [-0.1, -0.05) is 0 Å². The molecule has 2 rings (SSSR count). The number of aromatic nitrogens is 1. The minimum absolute atomic E-state index is 0.345. The average Bonchev–Trinajstić information content (AvgIpc) is 2.67. The number of benzene rings is 1. The van der Waals surface area contributed by atoms with E-state index in [9.17, 15) is 4.39 Å². The number of nitrogens with one attached hydrogen (secondary N) is 1. The summed E-state index contributed by atoms with van der Waals surface area (Å²) in [6.45, 7) is 3.64. The number of aryl methyl sites for hydroxylation is 2. The number of nitriles is 1. The first-order valence-corrected chi connectivity index (χ1v) is 6.68. The summed E-state index contributed by atoms with van der Waals surface area (Å²) in [5, 5.41) is 12.7. The molecule has 92 valence electrons. The Morgan fingerprint density at radius 3 is 2.83 bits per heavy atom. The normalized spacial score (nSPS) is 10.2. The summed E-state index contributed by atoms with van der Waals surface area (Å²) in [6, 6.07) is 5.18. The Morgan fingerprint density at radius 2 is 2.17 bits per heavy atom. The van der Waals surface area contributed by atoms with Crippen LogP contribution in [0.4, 0.5) is 15.1 Å². The number of hydrogen-bond donors (Lipinski definition) is 1. The molecular formula is C12H9BrFN3S. The predicted molar refractivity (Wildman–Crippen MR) is 73.7 cm³/mol. The van der Waals surface area contributed by atoms with Crippen molar-refractivity contribution in [3.05, 3.63) is 39.2 Å². The second-order valence-electron chi connectivity index (χ2n) is 3.79. The van der Waals surface area contributed by atoms with Gasteiger partial charge in [-0.05, 0) is 59.0 Å². The Kier molecular flexibility index (Phi) is 3.64. The fraction of sp³-hybridized carbons (Fsp3) is 0.167. The van der Waals surface area contributed by atoms with Crippen molar-refractivity contribution in [2.24, 2.45) is 0 Å². The van der Waals surface area contributed by atoms with Gasteiger partial charge in [0, 0.05) is 5.69 Å². The lowest BCUT2D eigenvalue weighted by Gasteiger charge is -2.08. The maximum Gasteiger partial charge on any atom is 0.139 e. The van der Waals surface area contributed by atoms with Crippen molar-refractivity contribution in [3.8, 4) is 6.07 Å². The smallest absolute Gasteiger partial charge is 0.139 e. The Labute approximate surface area is 117 Å². The molecule has 1 aromatic heterocycles. The third kappa shape index (κ3) is 2.37. The van der Waals surface area contributed by atoms with Crippen LogP contribution in [0.25, 0.3) is 0 Å². The van der Waals surface area contributed by atoms with Crippen LogP contribution in [-0.2, 0) is 0 Å². The molecule has 0 saturated heterocycles. The molecule has 6 heteroatoms. The van der Waals surface area contributed by atoms with Gasteiger partial charge >= 0.3 is 0 Å². The lowest BCUT2D eigenvalue weighted by Crippen LogP contribution is -1.95. The van der Waals surface area contributed by atoms with Gasteiger partial charge in [0.25, 0.3) is 0 Å². The molecule has 0 amide bonds. The zero-order valence-corrected chi connectivity index (χ0v) is 12.1. The monoisotopic (exact) mass is 325 g/mol. The maximum absolute atomic E-state index is 13.5. The highest BCUT2D eigenvalue weighted by Crippen LogP contribution is 2.31. The van der Waals surface area contributed by atoms with Crippen molar-refractivity contribution in [1.29, 1.82) is 5.26 Å².